The number of nitrogens with zero attached hydrogens (tertiary/aromatic N) is 1. The number of ether oxygens (including phenoxy) is 1. The van der Waals surface area contributed by atoms with Crippen molar-refractivity contribution in [3.63, 3.8) is 0 Å². The van der Waals surface area contributed by atoms with Crippen molar-refractivity contribution in [1.29, 1.82) is 0 Å². The first kappa shape index (κ1) is 21.3. The maximum Gasteiger partial charge on any atom is 0.306 e. The SMILES string of the molecule is O=C(O)CCOc1ccccc1/C=C1/SC(=S)N(NC(=O)C2CCCCC2)C1=O. The van der Waals surface area contributed by atoms with Crippen molar-refractivity contribution < 1.29 is 24.2 Å². The summed E-state index contributed by atoms with van der Waals surface area (Å²) in [5, 5.41) is 9.89. The summed E-state index contributed by atoms with van der Waals surface area (Å²) in [6.45, 7) is 0.0264. The third kappa shape index (κ3) is 5.57. The number of benzene rings is 1. The highest BCUT2D eigenvalue weighted by atomic mass is 32.2. The topological polar surface area (TPSA) is 95.9 Å². The number of nitrogens with one attached hydrogen (secondary N) is 1. The molecule has 2 fully saturated rings. The third-order valence-corrected chi connectivity index (χ3v) is 6.07. The molecule has 2 N–H and O–H groups in total. The van der Waals surface area contributed by atoms with Crippen LogP contribution in [0.5, 0.6) is 5.75 Å². The third-order valence-electron chi connectivity index (χ3n) is 4.77. The molecule has 1 saturated carbocycles. The van der Waals surface area contributed by atoms with Crippen molar-refractivity contribution >= 4 is 52.2 Å². The molecule has 2 aliphatic rings. The molecule has 0 atom stereocenters. The lowest BCUT2D eigenvalue weighted by molar-refractivity contribution is -0.137. The van der Waals surface area contributed by atoms with Gasteiger partial charge in [-0.2, -0.15) is 5.01 Å². The molecule has 7 nitrogen and oxygen atoms in total. The second-order valence-corrected chi connectivity index (χ2v) is 8.53. The number of hydrogen-bond acceptors (Lipinski definition) is 6. The van der Waals surface area contributed by atoms with E-state index in [-0.39, 0.29) is 35.1 Å². The van der Waals surface area contributed by atoms with Crippen LogP contribution in [0, 0.1) is 5.92 Å². The summed E-state index contributed by atoms with van der Waals surface area (Å²) in [5.41, 5.74) is 3.31. The zero-order valence-corrected chi connectivity index (χ0v) is 17.4. The summed E-state index contributed by atoms with van der Waals surface area (Å²) in [5.74, 6) is -1.10. The van der Waals surface area contributed by atoms with E-state index in [1.165, 1.54) is 0 Å². The van der Waals surface area contributed by atoms with Gasteiger partial charge in [-0.1, -0.05) is 49.2 Å². The molecule has 2 amide bonds. The zero-order valence-electron chi connectivity index (χ0n) is 15.8. The molecule has 1 aliphatic heterocycles. The monoisotopic (exact) mass is 434 g/mol. The van der Waals surface area contributed by atoms with Gasteiger partial charge in [0.15, 0.2) is 4.32 Å². The van der Waals surface area contributed by atoms with Crippen LogP contribution in [0.15, 0.2) is 29.2 Å². The summed E-state index contributed by atoms with van der Waals surface area (Å²) in [6, 6.07) is 7.03. The fourth-order valence-electron chi connectivity index (χ4n) is 3.25. The van der Waals surface area contributed by atoms with E-state index in [0.29, 0.717) is 16.2 Å². The number of para-hydroxylation sites is 1. The van der Waals surface area contributed by atoms with E-state index in [0.717, 1.165) is 48.9 Å². The molecule has 1 heterocycles. The first-order valence-corrected chi connectivity index (χ1v) is 10.7. The second kappa shape index (κ2) is 9.89. The lowest BCUT2D eigenvalue weighted by Gasteiger charge is -2.23. The predicted molar refractivity (Wildman–Crippen MR) is 114 cm³/mol. The number of amides is 2. The highest BCUT2D eigenvalue weighted by molar-refractivity contribution is 8.26. The van der Waals surface area contributed by atoms with E-state index >= 15 is 0 Å². The summed E-state index contributed by atoms with van der Waals surface area (Å²) in [4.78, 5) is 36.3. The molecule has 0 radical (unpaired) electrons. The molecule has 29 heavy (non-hydrogen) atoms. The number of rotatable bonds is 7. The quantitative estimate of drug-likeness (QED) is 0.502. The van der Waals surface area contributed by atoms with Gasteiger partial charge in [-0.05, 0) is 37.2 Å². The Labute approximate surface area is 178 Å². The molecular formula is C20H22N2O5S2. The number of thioether (sulfide) groups is 1. The van der Waals surface area contributed by atoms with Crippen molar-refractivity contribution in [2.24, 2.45) is 5.92 Å². The van der Waals surface area contributed by atoms with Crippen molar-refractivity contribution in [2.45, 2.75) is 38.5 Å². The lowest BCUT2D eigenvalue weighted by Crippen LogP contribution is -2.47. The number of carbonyl (C=O) groups excluding carboxylic acids is 2. The summed E-state index contributed by atoms with van der Waals surface area (Å²) in [6.07, 6.45) is 6.37. The molecule has 0 bridgehead atoms. The maximum atomic E-state index is 12.8. The Morgan fingerprint density at radius 3 is 2.72 bits per heavy atom. The molecule has 1 aromatic rings. The summed E-state index contributed by atoms with van der Waals surface area (Å²) >= 11 is 6.39. The van der Waals surface area contributed by atoms with Crippen LogP contribution < -0.4 is 10.2 Å². The van der Waals surface area contributed by atoms with Crippen LogP contribution in [-0.2, 0) is 14.4 Å². The van der Waals surface area contributed by atoms with Crippen LogP contribution >= 0.6 is 24.0 Å². The summed E-state index contributed by atoms with van der Waals surface area (Å²) < 4.78 is 5.80. The van der Waals surface area contributed by atoms with Gasteiger partial charge in [0.05, 0.1) is 17.9 Å². The fraction of sp³-hybridized carbons (Fsp3) is 0.400. The van der Waals surface area contributed by atoms with Crippen LogP contribution in [0.2, 0.25) is 0 Å². The highest BCUT2D eigenvalue weighted by Crippen LogP contribution is 2.34. The standard InChI is InChI=1S/C20H22N2O5S2/c23-17(24)10-11-27-15-9-5-4-8-14(15)12-16-19(26)22(20(28)29-16)21-18(25)13-6-2-1-3-7-13/h4-5,8-9,12-13H,1-3,6-7,10-11H2,(H,21,25)(H,23,24)/b16-12+. The van der Waals surface area contributed by atoms with Gasteiger partial charge in [0.1, 0.15) is 5.75 Å². The number of aliphatic carboxylic acids is 1. The van der Waals surface area contributed by atoms with Crippen molar-refractivity contribution in [2.75, 3.05) is 6.61 Å². The first-order chi connectivity index (χ1) is 14.0. The minimum Gasteiger partial charge on any atom is -0.492 e. The molecular weight excluding hydrogens is 412 g/mol. The van der Waals surface area contributed by atoms with E-state index in [1.807, 2.05) is 0 Å². The molecule has 0 spiro atoms. The van der Waals surface area contributed by atoms with Gasteiger partial charge >= 0.3 is 5.97 Å². The van der Waals surface area contributed by atoms with Crippen LogP contribution in [0.25, 0.3) is 6.08 Å². The molecule has 1 aromatic carbocycles. The molecule has 3 rings (SSSR count). The predicted octanol–water partition coefficient (Wildman–Crippen LogP) is 3.35. The lowest BCUT2D eigenvalue weighted by atomic mass is 9.89. The average molecular weight is 435 g/mol. The second-order valence-electron chi connectivity index (χ2n) is 6.86. The Bertz CT molecular complexity index is 849. The van der Waals surface area contributed by atoms with E-state index in [9.17, 15) is 14.4 Å². The largest absolute Gasteiger partial charge is 0.492 e. The Morgan fingerprint density at radius 1 is 1.28 bits per heavy atom. The van der Waals surface area contributed by atoms with Gasteiger partial charge < -0.3 is 9.84 Å². The molecule has 154 valence electrons. The fourth-order valence-corrected chi connectivity index (χ4v) is 4.42. The van der Waals surface area contributed by atoms with E-state index < -0.39 is 5.97 Å². The zero-order chi connectivity index (χ0) is 20.8. The first-order valence-electron chi connectivity index (χ1n) is 9.48. The maximum absolute atomic E-state index is 12.8. The van der Waals surface area contributed by atoms with Crippen LogP contribution in [-0.4, -0.2) is 38.8 Å². The number of carboxylic acids is 1. The van der Waals surface area contributed by atoms with Gasteiger partial charge in [-0.3, -0.25) is 19.8 Å². The Kier molecular flexibility index (Phi) is 7.27. The minimum absolute atomic E-state index is 0.0264. The van der Waals surface area contributed by atoms with Gasteiger partial charge in [-0.15, -0.1) is 0 Å². The van der Waals surface area contributed by atoms with Crippen molar-refractivity contribution in [3.8, 4) is 5.75 Å². The number of carboxylic acid groups (broad SMARTS) is 1. The number of thiocarbonyl (C=S) groups is 1. The Morgan fingerprint density at radius 2 is 2.00 bits per heavy atom. The Balaban J connectivity index is 1.69. The van der Waals surface area contributed by atoms with Crippen molar-refractivity contribution in [1.82, 2.24) is 10.4 Å². The van der Waals surface area contributed by atoms with Crippen LogP contribution in [0.3, 0.4) is 0 Å². The van der Waals surface area contributed by atoms with Crippen molar-refractivity contribution in [3.05, 3.63) is 34.7 Å². The van der Waals surface area contributed by atoms with Gasteiger partial charge in [0.2, 0.25) is 5.91 Å². The smallest absolute Gasteiger partial charge is 0.306 e. The molecule has 0 aromatic heterocycles. The highest BCUT2D eigenvalue weighted by Gasteiger charge is 2.35. The minimum atomic E-state index is -0.947. The van der Waals surface area contributed by atoms with Gasteiger partial charge in [0, 0.05) is 11.5 Å². The molecule has 1 aliphatic carbocycles. The normalized spacial score (nSPS) is 18.9. The van der Waals surface area contributed by atoms with E-state index in [1.54, 1.807) is 30.3 Å². The van der Waals surface area contributed by atoms with Gasteiger partial charge in [-0.25, -0.2) is 0 Å². The van der Waals surface area contributed by atoms with Crippen LogP contribution in [0.4, 0.5) is 0 Å². The van der Waals surface area contributed by atoms with Gasteiger partial charge in [0.25, 0.3) is 5.91 Å². The summed E-state index contributed by atoms with van der Waals surface area (Å²) in [7, 11) is 0. The number of hydrazine groups is 1. The van der Waals surface area contributed by atoms with E-state index in [2.05, 4.69) is 5.43 Å². The number of hydrogen-bond donors (Lipinski definition) is 2. The molecule has 0 unspecified atom stereocenters. The Hall–Kier alpha value is -2.39. The van der Waals surface area contributed by atoms with E-state index in [4.69, 9.17) is 22.1 Å². The molecule has 9 heteroatoms. The molecule has 1 saturated heterocycles. The average Bonchev–Trinajstić information content (AvgIpc) is 2.97. The van der Waals surface area contributed by atoms with Crippen LogP contribution in [0.1, 0.15) is 44.1 Å². The number of carbonyl (C=O) groups is 3.